The van der Waals surface area contributed by atoms with Crippen LogP contribution in [0.5, 0.6) is 11.8 Å². The predicted molar refractivity (Wildman–Crippen MR) is 139 cm³/mol. The Morgan fingerprint density at radius 2 is 1.87 bits per heavy atom. The van der Waals surface area contributed by atoms with Gasteiger partial charge < -0.3 is 25.4 Å². The van der Waals surface area contributed by atoms with Crippen molar-refractivity contribution in [2.24, 2.45) is 5.73 Å². The van der Waals surface area contributed by atoms with Gasteiger partial charge in [-0.05, 0) is 57.0 Å². The molecule has 1 aliphatic heterocycles. The number of pyridine rings is 1. The first-order valence-electron chi connectivity index (χ1n) is 12.3. The maximum atomic E-state index is 15.1. The quantitative estimate of drug-likeness (QED) is 0.474. The molecule has 3 heterocycles. The number of amides is 2. The van der Waals surface area contributed by atoms with Gasteiger partial charge in [-0.3, -0.25) is 9.78 Å². The van der Waals surface area contributed by atoms with E-state index in [1.54, 1.807) is 57.4 Å². The minimum Gasteiger partial charge on any atom is -0.444 e. The number of carbonyl (C=O) groups excluding carboxylic acids is 2. The zero-order valence-corrected chi connectivity index (χ0v) is 21.6. The van der Waals surface area contributed by atoms with E-state index in [2.05, 4.69) is 20.3 Å². The molecule has 2 atom stereocenters. The van der Waals surface area contributed by atoms with Crippen molar-refractivity contribution >= 4 is 17.7 Å². The Kier molecular flexibility index (Phi) is 8.04. The number of primary amides is 1. The van der Waals surface area contributed by atoms with E-state index in [-0.39, 0.29) is 18.1 Å². The predicted octanol–water partition coefficient (Wildman–Crippen LogP) is 4.11. The number of ether oxygens (including phenoxy) is 2. The number of carbonyl (C=O) groups is 2. The highest BCUT2D eigenvalue weighted by Gasteiger charge is 2.34. The molecule has 4 rings (SSSR count). The SMILES string of the molecule is CC(C)(C)OC(=O)N1CC[C@@H](Nc2cc(Cc3ccc(Oc4ncccn4)cc3)ncc2C(N)=O)[C@@H](F)C1. The lowest BCUT2D eigenvalue weighted by molar-refractivity contribution is 0.0125. The summed E-state index contributed by atoms with van der Waals surface area (Å²) in [5.74, 6) is -0.0798. The maximum Gasteiger partial charge on any atom is 0.410 e. The van der Waals surface area contributed by atoms with Gasteiger partial charge >= 0.3 is 12.1 Å². The summed E-state index contributed by atoms with van der Waals surface area (Å²) in [4.78, 5) is 38.2. The second kappa shape index (κ2) is 11.4. The van der Waals surface area contributed by atoms with Crippen molar-refractivity contribution in [2.75, 3.05) is 18.4 Å². The highest BCUT2D eigenvalue weighted by Crippen LogP contribution is 2.25. The number of halogens is 1. The van der Waals surface area contributed by atoms with Gasteiger partial charge in [-0.15, -0.1) is 0 Å². The van der Waals surface area contributed by atoms with Crippen LogP contribution in [0.15, 0.2) is 55.0 Å². The smallest absolute Gasteiger partial charge is 0.410 e. The van der Waals surface area contributed by atoms with E-state index in [1.165, 1.54) is 11.1 Å². The minimum absolute atomic E-state index is 0.112. The summed E-state index contributed by atoms with van der Waals surface area (Å²) in [5.41, 5.74) is 7.08. The molecule has 3 aromatic rings. The maximum absolute atomic E-state index is 15.1. The number of rotatable bonds is 7. The van der Waals surface area contributed by atoms with Crippen LogP contribution in [0.25, 0.3) is 0 Å². The molecule has 2 amide bonds. The fraction of sp³-hybridized carbons (Fsp3) is 0.370. The topological polar surface area (TPSA) is 133 Å². The van der Waals surface area contributed by atoms with Gasteiger partial charge in [0.1, 0.15) is 17.5 Å². The third kappa shape index (κ3) is 7.15. The van der Waals surface area contributed by atoms with Crippen LogP contribution >= 0.6 is 0 Å². The second-order valence-corrected chi connectivity index (χ2v) is 10.0. The summed E-state index contributed by atoms with van der Waals surface area (Å²) in [6, 6.07) is 10.4. The largest absolute Gasteiger partial charge is 0.444 e. The van der Waals surface area contributed by atoms with Crippen LogP contribution in [-0.4, -0.2) is 62.8 Å². The van der Waals surface area contributed by atoms with Gasteiger partial charge in [-0.1, -0.05) is 12.1 Å². The van der Waals surface area contributed by atoms with Gasteiger partial charge in [0.05, 0.1) is 23.8 Å². The molecule has 1 saturated heterocycles. The van der Waals surface area contributed by atoms with Crippen molar-refractivity contribution in [1.82, 2.24) is 19.9 Å². The summed E-state index contributed by atoms with van der Waals surface area (Å²) in [5, 5.41) is 3.12. The van der Waals surface area contributed by atoms with Crippen LogP contribution in [0.3, 0.4) is 0 Å². The van der Waals surface area contributed by atoms with Crippen LogP contribution < -0.4 is 15.8 Å². The number of piperidine rings is 1. The zero-order chi connectivity index (χ0) is 27.3. The van der Waals surface area contributed by atoms with E-state index < -0.39 is 29.8 Å². The lowest BCUT2D eigenvalue weighted by atomic mass is 10.0. The van der Waals surface area contributed by atoms with Crippen LogP contribution in [0.4, 0.5) is 14.9 Å². The molecule has 10 nitrogen and oxygen atoms in total. The average Bonchev–Trinajstić information content (AvgIpc) is 2.86. The van der Waals surface area contributed by atoms with Gasteiger partial charge in [0.2, 0.25) is 0 Å². The molecule has 1 aromatic carbocycles. The molecule has 0 saturated carbocycles. The Bertz CT molecular complexity index is 1270. The Hall–Kier alpha value is -4.28. The van der Waals surface area contributed by atoms with Crippen molar-refractivity contribution in [3.63, 3.8) is 0 Å². The Labute approximate surface area is 220 Å². The normalized spacial score (nSPS) is 17.5. The molecule has 200 valence electrons. The molecule has 0 radical (unpaired) electrons. The first kappa shape index (κ1) is 26.8. The molecule has 38 heavy (non-hydrogen) atoms. The molecule has 1 aliphatic rings. The Balaban J connectivity index is 1.42. The monoisotopic (exact) mass is 522 g/mol. The van der Waals surface area contributed by atoms with E-state index in [4.69, 9.17) is 15.2 Å². The summed E-state index contributed by atoms with van der Waals surface area (Å²) < 4.78 is 26.1. The fourth-order valence-corrected chi connectivity index (χ4v) is 4.00. The van der Waals surface area contributed by atoms with Gasteiger partial charge in [0.25, 0.3) is 5.91 Å². The molecule has 0 spiro atoms. The lowest BCUT2D eigenvalue weighted by Gasteiger charge is -2.36. The number of likely N-dealkylation sites (tertiary alicyclic amines) is 1. The molecule has 0 unspecified atom stereocenters. The number of hydrogen-bond donors (Lipinski definition) is 2. The molecular formula is C27H31FN6O4. The summed E-state index contributed by atoms with van der Waals surface area (Å²) in [7, 11) is 0. The number of nitrogens with zero attached hydrogens (tertiary/aromatic N) is 4. The summed E-state index contributed by atoms with van der Waals surface area (Å²) >= 11 is 0. The Morgan fingerprint density at radius 3 is 2.50 bits per heavy atom. The van der Waals surface area contributed by atoms with Crippen LogP contribution in [0.2, 0.25) is 0 Å². The van der Waals surface area contributed by atoms with E-state index in [1.807, 2.05) is 12.1 Å². The Morgan fingerprint density at radius 1 is 1.16 bits per heavy atom. The van der Waals surface area contributed by atoms with Gasteiger partial charge in [-0.25, -0.2) is 19.2 Å². The zero-order valence-electron chi connectivity index (χ0n) is 21.6. The molecule has 0 aliphatic carbocycles. The first-order valence-corrected chi connectivity index (χ1v) is 12.3. The molecule has 11 heteroatoms. The van der Waals surface area contributed by atoms with Crippen molar-refractivity contribution in [2.45, 2.75) is 51.4 Å². The van der Waals surface area contributed by atoms with Crippen molar-refractivity contribution < 1.29 is 23.5 Å². The van der Waals surface area contributed by atoms with Gasteiger partial charge in [-0.2, -0.15) is 0 Å². The summed E-state index contributed by atoms with van der Waals surface area (Å²) in [6.07, 6.45) is 3.48. The number of benzene rings is 1. The van der Waals surface area contributed by atoms with E-state index in [0.29, 0.717) is 36.5 Å². The number of nitrogens with one attached hydrogen (secondary N) is 1. The van der Waals surface area contributed by atoms with Gasteiger partial charge in [0.15, 0.2) is 0 Å². The number of aromatic nitrogens is 3. The van der Waals surface area contributed by atoms with Crippen molar-refractivity contribution in [3.8, 4) is 11.8 Å². The van der Waals surface area contributed by atoms with E-state index in [0.717, 1.165) is 5.56 Å². The second-order valence-electron chi connectivity index (χ2n) is 10.0. The first-order chi connectivity index (χ1) is 18.1. The van der Waals surface area contributed by atoms with Crippen LogP contribution in [0, 0.1) is 0 Å². The number of hydrogen-bond acceptors (Lipinski definition) is 8. The van der Waals surface area contributed by atoms with Crippen molar-refractivity contribution in [3.05, 3.63) is 71.8 Å². The minimum atomic E-state index is -1.37. The molecule has 3 N–H and O–H groups in total. The molecule has 0 bridgehead atoms. The average molecular weight is 523 g/mol. The van der Waals surface area contributed by atoms with Gasteiger partial charge in [0, 0.05) is 37.3 Å². The van der Waals surface area contributed by atoms with Crippen LogP contribution in [-0.2, 0) is 11.2 Å². The molecule has 1 fully saturated rings. The number of alkyl halides is 1. The summed E-state index contributed by atoms with van der Waals surface area (Å²) in [6.45, 7) is 5.50. The third-order valence-electron chi connectivity index (χ3n) is 5.82. The highest BCUT2D eigenvalue weighted by atomic mass is 19.1. The third-order valence-corrected chi connectivity index (χ3v) is 5.82. The van der Waals surface area contributed by atoms with E-state index in [9.17, 15) is 9.59 Å². The standard InChI is InChI=1S/C27H31FN6O4/c1-27(2,3)38-26(36)34-12-9-22(21(28)16-34)33-23-14-18(32-15-20(23)24(29)35)13-17-5-7-19(8-6-17)37-25-30-10-4-11-31-25/h4-8,10-11,14-15,21-22H,9,12-13,16H2,1-3H3,(H2,29,35)(H,32,33)/t21-,22+/m0/s1. The molecular weight excluding hydrogens is 491 g/mol. The van der Waals surface area contributed by atoms with E-state index >= 15 is 4.39 Å². The van der Waals surface area contributed by atoms with Crippen LogP contribution in [0.1, 0.15) is 48.8 Å². The number of nitrogens with two attached hydrogens (primary N) is 1. The number of anilines is 1. The highest BCUT2D eigenvalue weighted by molar-refractivity contribution is 5.98. The van der Waals surface area contributed by atoms with Crippen molar-refractivity contribution in [1.29, 1.82) is 0 Å². The molecule has 2 aromatic heterocycles. The fourth-order valence-electron chi connectivity index (χ4n) is 4.00. The lowest BCUT2D eigenvalue weighted by Crippen LogP contribution is -2.51.